The van der Waals surface area contributed by atoms with Gasteiger partial charge in [0.05, 0.1) is 17.3 Å². The third-order valence-corrected chi connectivity index (χ3v) is 2.81. The summed E-state index contributed by atoms with van der Waals surface area (Å²) < 4.78 is 4.92. The molecule has 2 heterocycles. The molecule has 0 fully saturated rings. The Bertz CT molecular complexity index is 814. The summed E-state index contributed by atoms with van der Waals surface area (Å²) in [7, 11) is 0. The molecule has 3 aromatic rings. The fraction of sp³-hybridized carbons (Fsp3) is 0.0769. The van der Waals surface area contributed by atoms with Crippen molar-refractivity contribution in [2.75, 3.05) is 0 Å². The number of rotatable bonds is 2. The van der Waals surface area contributed by atoms with Crippen LogP contribution < -0.4 is 5.76 Å². The van der Waals surface area contributed by atoms with Gasteiger partial charge in [0.25, 0.3) is 0 Å². The number of nitrogens with zero attached hydrogens (tertiary/aromatic N) is 3. The third kappa shape index (κ3) is 1.98. The predicted molar refractivity (Wildman–Crippen MR) is 66.3 cm³/mol. The second-order valence-corrected chi connectivity index (χ2v) is 3.97. The van der Waals surface area contributed by atoms with E-state index in [1.807, 2.05) is 0 Å². The van der Waals surface area contributed by atoms with Crippen LogP contribution in [-0.4, -0.2) is 15.0 Å². The number of aromatic nitrogens is 3. The number of aromatic amines is 1. The lowest BCUT2D eigenvalue weighted by atomic mass is 9.97. The Morgan fingerprint density at radius 1 is 1.37 bits per heavy atom. The van der Waals surface area contributed by atoms with Gasteiger partial charge in [0.1, 0.15) is 12.2 Å². The van der Waals surface area contributed by atoms with Crippen LogP contribution in [0.5, 0.6) is 0 Å². The minimum Gasteiger partial charge on any atom is -0.408 e. The third-order valence-electron chi connectivity index (χ3n) is 2.81. The van der Waals surface area contributed by atoms with Gasteiger partial charge >= 0.3 is 5.76 Å². The van der Waals surface area contributed by atoms with Gasteiger partial charge in [-0.25, -0.2) is 14.8 Å². The lowest BCUT2D eigenvalue weighted by molar-refractivity contribution is 0.555. The van der Waals surface area contributed by atoms with Crippen molar-refractivity contribution in [2.24, 2.45) is 0 Å². The van der Waals surface area contributed by atoms with E-state index < -0.39 is 11.7 Å². The Hall–Kier alpha value is -2.94. The maximum absolute atomic E-state index is 11.1. The van der Waals surface area contributed by atoms with Crippen LogP contribution in [-0.2, 0) is 0 Å². The number of fused-ring (bicyclic) bond motifs is 1. The summed E-state index contributed by atoms with van der Waals surface area (Å²) in [4.78, 5) is 21.6. The van der Waals surface area contributed by atoms with Gasteiger partial charge in [-0.3, -0.25) is 4.98 Å². The molecule has 0 amide bonds. The SMILES string of the molecule is N#CC(c1ccc2oc(=O)[nH]c2c1)c1ccncn1. The first-order valence-corrected chi connectivity index (χ1v) is 5.56. The summed E-state index contributed by atoms with van der Waals surface area (Å²) in [5.41, 5.74) is 2.39. The van der Waals surface area contributed by atoms with Gasteiger partial charge in [-0.05, 0) is 23.8 Å². The molecule has 0 saturated carbocycles. The standard InChI is InChI=1S/C13H8N4O2/c14-6-9(10-3-4-15-7-16-10)8-1-2-12-11(5-8)17-13(18)19-12/h1-5,7,9H,(H,17,18). The number of oxazole rings is 1. The van der Waals surface area contributed by atoms with E-state index in [0.29, 0.717) is 16.8 Å². The molecular weight excluding hydrogens is 244 g/mol. The molecule has 0 bridgehead atoms. The monoisotopic (exact) mass is 252 g/mol. The van der Waals surface area contributed by atoms with E-state index in [4.69, 9.17) is 4.42 Å². The van der Waals surface area contributed by atoms with Gasteiger partial charge in [-0.1, -0.05) is 6.07 Å². The second kappa shape index (κ2) is 4.38. The second-order valence-electron chi connectivity index (χ2n) is 3.97. The molecule has 0 radical (unpaired) electrons. The van der Waals surface area contributed by atoms with Crippen LogP contribution in [0.25, 0.3) is 11.1 Å². The van der Waals surface area contributed by atoms with Gasteiger partial charge in [-0.2, -0.15) is 5.26 Å². The molecule has 1 aromatic carbocycles. The van der Waals surface area contributed by atoms with Crippen molar-refractivity contribution in [3.63, 3.8) is 0 Å². The Morgan fingerprint density at radius 3 is 3.00 bits per heavy atom. The largest absolute Gasteiger partial charge is 0.417 e. The van der Waals surface area contributed by atoms with Crippen LogP contribution in [0.4, 0.5) is 0 Å². The minimum absolute atomic E-state index is 0.466. The lowest BCUT2D eigenvalue weighted by Gasteiger charge is -2.07. The van der Waals surface area contributed by atoms with E-state index in [9.17, 15) is 10.1 Å². The van der Waals surface area contributed by atoms with Crippen LogP contribution in [0.1, 0.15) is 17.2 Å². The van der Waals surface area contributed by atoms with Gasteiger partial charge in [0, 0.05) is 6.20 Å². The van der Waals surface area contributed by atoms with E-state index in [-0.39, 0.29) is 0 Å². The van der Waals surface area contributed by atoms with Crippen molar-refractivity contribution in [2.45, 2.75) is 5.92 Å². The molecule has 92 valence electrons. The van der Waals surface area contributed by atoms with Crippen molar-refractivity contribution in [1.29, 1.82) is 5.26 Å². The molecule has 2 aromatic heterocycles. The maximum Gasteiger partial charge on any atom is 0.417 e. The molecule has 19 heavy (non-hydrogen) atoms. The number of nitriles is 1. The Morgan fingerprint density at radius 2 is 2.26 bits per heavy atom. The zero-order valence-corrected chi connectivity index (χ0v) is 9.70. The van der Waals surface area contributed by atoms with Crippen molar-refractivity contribution in [3.05, 3.63) is 58.6 Å². The highest BCUT2D eigenvalue weighted by molar-refractivity contribution is 5.73. The van der Waals surface area contributed by atoms with E-state index in [0.717, 1.165) is 5.56 Å². The van der Waals surface area contributed by atoms with E-state index >= 15 is 0 Å². The van der Waals surface area contributed by atoms with Crippen molar-refractivity contribution in [1.82, 2.24) is 15.0 Å². The quantitative estimate of drug-likeness (QED) is 0.746. The summed E-state index contributed by atoms with van der Waals surface area (Å²) in [6.45, 7) is 0. The highest BCUT2D eigenvalue weighted by Crippen LogP contribution is 2.24. The highest BCUT2D eigenvalue weighted by Gasteiger charge is 2.15. The topological polar surface area (TPSA) is 95.6 Å². The molecule has 1 atom stereocenters. The van der Waals surface area contributed by atoms with Crippen LogP contribution in [0.3, 0.4) is 0 Å². The zero-order valence-electron chi connectivity index (χ0n) is 9.70. The van der Waals surface area contributed by atoms with Crippen LogP contribution in [0, 0.1) is 11.3 Å². The summed E-state index contributed by atoms with van der Waals surface area (Å²) in [5, 5.41) is 9.30. The van der Waals surface area contributed by atoms with Gasteiger partial charge in [0.2, 0.25) is 0 Å². The van der Waals surface area contributed by atoms with Crippen LogP contribution >= 0.6 is 0 Å². The summed E-state index contributed by atoms with van der Waals surface area (Å²) >= 11 is 0. The number of hydrogen-bond acceptors (Lipinski definition) is 5. The molecule has 6 nitrogen and oxygen atoms in total. The Balaban J connectivity index is 2.12. The fourth-order valence-corrected chi connectivity index (χ4v) is 1.93. The summed E-state index contributed by atoms with van der Waals surface area (Å²) in [6, 6.07) is 9.01. The highest BCUT2D eigenvalue weighted by atomic mass is 16.4. The molecule has 1 unspecified atom stereocenters. The first-order chi connectivity index (χ1) is 9.28. The van der Waals surface area contributed by atoms with Crippen LogP contribution in [0.15, 0.2) is 46.0 Å². The molecule has 0 saturated heterocycles. The average molecular weight is 252 g/mol. The number of hydrogen-bond donors (Lipinski definition) is 1. The molecule has 0 spiro atoms. The molecular formula is C13H8N4O2. The van der Waals surface area contributed by atoms with Crippen molar-refractivity contribution in [3.8, 4) is 6.07 Å². The summed E-state index contributed by atoms with van der Waals surface area (Å²) in [5.74, 6) is -1.02. The van der Waals surface area contributed by atoms with E-state index in [1.165, 1.54) is 6.33 Å². The zero-order chi connectivity index (χ0) is 13.2. The molecule has 3 rings (SSSR count). The van der Waals surface area contributed by atoms with Crippen LogP contribution in [0.2, 0.25) is 0 Å². The van der Waals surface area contributed by atoms with Gasteiger partial charge in [0.15, 0.2) is 5.58 Å². The molecule has 0 aliphatic carbocycles. The molecule has 0 aliphatic rings. The number of H-pyrrole nitrogens is 1. The molecule has 0 aliphatic heterocycles. The minimum atomic E-state index is -0.511. The van der Waals surface area contributed by atoms with E-state index in [2.05, 4.69) is 21.0 Å². The predicted octanol–water partition coefficient (Wildman–Crippen LogP) is 1.57. The lowest BCUT2D eigenvalue weighted by Crippen LogP contribution is -2.01. The fourth-order valence-electron chi connectivity index (χ4n) is 1.93. The molecule has 1 N–H and O–H groups in total. The maximum atomic E-state index is 11.1. The van der Waals surface area contributed by atoms with Crippen molar-refractivity contribution < 1.29 is 4.42 Å². The molecule has 6 heteroatoms. The summed E-state index contributed by atoms with van der Waals surface area (Å²) in [6.07, 6.45) is 2.99. The Labute approximate surface area is 107 Å². The number of benzene rings is 1. The Kier molecular flexibility index (Phi) is 2.58. The first-order valence-electron chi connectivity index (χ1n) is 5.56. The number of nitrogens with one attached hydrogen (secondary N) is 1. The first kappa shape index (κ1) is 11.2. The van der Waals surface area contributed by atoms with Crippen molar-refractivity contribution >= 4 is 11.1 Å². The van der Waals surface area contributed by atoms with Gasteiger partial charge in [-0.15, -0.1) is 0 Å². The normalized spacial score (nSPS) is 12.2. The smallest absolute Gasteiger partial charge is 0.408 e. The van der Waals surface area contributed by atoms with Gasteiger partial charge < -0.3 is 4.42 Å². The van der Waals surface area contributed by atoms with E-state index in [1.54, 1.807) is 30.5 Å². The average Bonchev–Trinajstić information content (AvgIpc) is 2.80.